The largest absolute Gasteiger partial charge is 0.454 e. The van der Waals surface area contributed by atoms with E-state index in [1.54, 1.807) is 29.4 Å². The maximum absolute atomic E-state index is 13.0. The van der Waals surface area contributed by atoms with Gasteiger partial charge in [0.25, 0.3) is 6.36 Å². The van der Waals surface area contributed by atoms with Gasteiger partial charge >= 0.3 is 12.5 Å². The average molecular weight is 394 g/mol. The molecule has 3 rings (SSSR count). The fourth-order valence-corrected chi connectivity index (χ4v) is 3.22. The van der Waals surface area contributed by atoms with Crippen molar-refractivity contribution in [3.63, 3.8) is 0 Å². The number of piperazine rings is 1. The van der Waals surface area contributed by atoms with E-state index in [4.69, 9.17) is 5.73 Å². The first kappa shape index (κ1) is 19.9. The highest BCUT2D eigenvalue weighted by Gasteiger charge is 2.30. The summed E-state index contributed by atoms with van der Waals surface area (Å²) in [6.45, 7) is 2.27. The zero-order chi connectivity index (χ0) is 20.1. The fourth-order valence-electron chi connectivity index (χ4n) is 3.22. The Bertz CT molecular complexity index is 777. The number of primary amides is 1. The molecule has 1 aromatic heterocycles. The molecule has 2 atom stereocenters. The van der Waals surface area contributed by atoms with E-state index in [9.17, 15) is 18.0 Å². The van der Waals surface area contributed by atoms with Crippen LogP contribution in [0.4, 0.5) is 18.0 Å². The highest BCUT2D eigenvalue weighted by molar-refractivity contribution is 5.72. The molecule has 1 aromatic carbocycles. The summed E-state index contributed by atoms with van der Waals surface area (Å²) in [4.78, 5) is 19.7. The van der Waals surface area contributed by atoms with E-state index in [1.165, 1.54) is 12.1 Å². The molecule has 2 N–H and O–H groups in total. The van der Waals surface area contributed by atoms with E-state index in [0.29, 0.717) is 26.2 Å². The van der Waals surface area contributed by atoms with Gasteiger partial charge in [-0.2, -0.15) is 4.39 Å². The molecule has 0 aliphatic carbocycles. The van der Waals surface area contributed by atoms with Crippen LogP contribution in [0, 0.1) is 0 Å². The molecule has 1 saturated heterocycles. The third-order valence-electron chi connectivity index (χ3n) is 4.59. The summed E-state index contributed by atoms with van der Waals surface area (Å²) in [5.74, 6) is 0.0448. The lowest BCUT2D eigenvalue weighted by atomic mass is 10.0. The Morgan fingerprint density at radius 1 is 1.21 bits per heavy atom. The Balaban J connectivity index is 1.65. The molecule has 2 unspecified atom stereocenters. The van der Waals surface area contributed by atoms with Crippen molar-refractivity contribution < 1.29 is 22.7 Å². The number of aromatic nitrogens is 1. The van der Waals surface area contributed by atoms with Crippen molar-refractivity contribution >= 4 is 6.03 Å². The molecule has 1 aliphatic heterocycles. The van der Waals surface area contributed by atoms with Crippen LogP contribution in [-0.4, -0.2) is 53.2 Å². The van der Waals surface area contributed by atoms with Crippen LogP contribution in [0.15, 0.2) is 48.8 Å². The van der Waals surface area contributed by atoms with E-state index >= 15 is 0 Å². The summed E-state index contributed by atoms with van der Waals surface area (Å²) in [5, 5.41) is 0. The molecule has 1 fully saturated rings. The molecule has 9 heteroatoms. The van der Waals surface area contributed by atoms with Gasteiger partial charge in [-0.25, -0.2) is 13.6 Å². The smallest absolute Gasteiger partial charge is 0.315 e. The topological polar surface area (TPSA) is 71.7 Å². The Morgan fingerprint density at radius 2 is 1.96 bits per heavy atom. The van der Waals surface area contributed by atoms with Crippen LogP contribution in [0.25, 0.3) is 0 Å². The zero-order valence-corrected chi connectivity index (χ0v) is 15.0. The second-order valence-corrected chi connectivity index (χ2v) is 6.52. The minimum Gasteiger partial charge on any atom is -0.454 e. The standard InChI is InChI=1S/C19H21F3N4O2/c20-17(21)18(22)28-15-5-3-13(4-6-15)11-25-8-9-26(19(23)27)16(12-25)14-2-1-7-24-10-14/h1-7,10,16-18H,8-9,11-12H2,(H2,23,27). The quantitative estimate of drug-likeness (QED) is 0.818. The number of benzene rings is 1. The van der Waals surface area contributed by atoms with Gasteiger partial charge in [0.15, 0.2) is 0 Å². The molecular formula is C19H21F3N4O2. The molecule has 0 radical (unpaired) electrons. The van der Waals surface area contributed by atoms with Gasteiger partial charge in [-0.3, -0.25) is 9.88 Å². The number of hydrogen-bond donors (Lipinski definition) is 1. The molecule has 2 amide bonds. The van der Waals surface area contributed by atoms with Crippen molar-refractivity contribution in [3.8, 4) is 5.75 Å². The van der Waals surface area contributed by atoms with E-state index < -0.39 is 18.8 Å². The highest BCUT2D eigenvalue weighted by Crippen LogP contribution is 2.26. The van der Waals surface area contributed by atoms with Crippen molar-refractivity contribution in [2.24, 2.45) is 5.73 Å². The third-order valence-corrected chi connectivity index (χ3v) is 4.59. The minimum absolute atomic E-state index is 0.0448. The van der Waals surface area contributed by atoms with Gasteiger partial charge in [0, 0.05) is 38.6 Å². The molecule has 0 saturated carbocycles. The van der Waals surface area contributed by atoms with Crippen molar-refractivity contribution in [1.82, 2.24) is 14.8 Å². The fraction of sp³-hybridized carbons (Fsp3) is 0.368. The summed E-state index contributed by atoms with van der Waals surface area (Å²) in [6, 6.07) is 9.35. The van der Waals surface area contributed by atoms with Gasteiger partial charge in [0.2, 0.25) is 0 Å². The number of urea groups is 1. The average Bonchev–Trinajstić information content (AvgIpc) is 2.70. The zero-order valence-electron chi connectivity index (χ0n) is 15.0. The van der Waals surface area contributed by atoms with Crippen LogP contribution in [0.3, 0.4) is 0 Å². The van der Waals surface area contributed by atoms with Crippen LogP contribution in [0.1, 0.15) is 17.2 Å². The molecule has 2 aromatic rings. The second-order valence-electron chi connectivity index (χ2n) is 6.52. The van der Waals surface area contributed by atoms with Crippen LogP contribution in [0.2, 0.25) is 0 Å². The van der Waals surface area contributed by atoms with Gasteiger partial charge in [0.1, 0.15) is 5.75 Å². The first-order valence-electron chi connectivity index (χ1n) is 8.80. The Morgan fingerprint density at radius 3 is 2.57 bits per heavy atom. The number of carbonyl (C=O) groups is 1. The van der Waals surface area contributed by atoms with Crippen LogP contribution >= 0.6 is 0 Å². The summed E-state index contributed by atoms with van der Waals surface area (Å²) in [7, 11) is 0. The van der Waals surface area contributed by atoms with Gasteiger partial charge in [-0.1, -0.05) is 18.2 Å². The number of nitrogens with two attached hydrogens (primary N) is 1. The lowest BCUT2D eigenvalue weighted by Gasteiger charge is -2.40. The monoisotopic (exact) mass is 394 g/mol. The number of halogens is 3. The van der Waals surface area contributed by atoms with Crippen LogP contribution in [-0.2, 0) is 6.54 Å². The van der Waals surface area contributed by atoms with Gasteiger partial charge < -0.3 is 15.4 Å². The van der Waals surface area contributed by atoms with E-state index in [-0.39, 0.29) is 11.8 Å². The normalized spacial score (nSPS) is 18.9. The second kappa shape index (κ2) is 8.92. The van der Waals surface area contributed by atoms with Crippen molar-refractivity contribution in [2.75, 3.05) is 19.6 Å². The summed E-state index contributed by atoms with van der Waals surface area (Å²) in [5.41, 5.74) is 7.33. The summed E-state index contributed by atoms with van der Waals surface area (Å²) < 4.78 is 41.9. The maximum atomic E-state index is 13.0. The predicted octanol–water partition coefficient (Wildman–Crippen LogP) is 2.96. The molecule has 28 heavy (non-hydrogen) atoms. The molecule has 150 valence electrons. The van der Waals surface area contributed by atoms with Crippen molar-refractivity contribution in [3.05, 3.63) is 59.9 Å². The minimum atomic E-state index is -3.19. The first-order valence-corrected chi connectivity index (χ1v) is 8.80. The molecule has 6 nitrogen and oxygen atoms in total. The number of ether oxygens (including phenoxy) is 1. The molecule has 2 heterocycles. The molecule has 0 spiro atoms. The molecule has 1 aliphatic rings. The van der Waals surface area contributed by atoms with E-state index in [2.05, 4.69) is 14.6 Å². The third kappa shape index (κ3) is 4.92. The van der Waals surface area contributed by atoms with Crippen LogP contribution in [0.5, 0.6) is 5.75 Å². The number of alkyl halides is 3. The number of carbonyl (C=O) groups excluding carboxylic acids is 1. The number of rotatable bonds is 6. The van der Waals surface area contributed by atoms with Gasteiger partial charge in [-0.15, -0.1) is 0 Å². The highest BCUT2D eigenvalue weighted by atomic mass is 19.3. The van der Waals surface area contributed by atoms with Crippen molar-refractivity contribution in [1.29, 1.82) is 0 Å². The summed E-state index contributed by atoms with van der Waals surface area (Å²) >= 11 is 0. The maximum Gasteiger partial charge on any atom is 0.315 e. The van der Waals surface area contributed by atoms with Gasteiger partial charge in [-0.05, 0) is 29.3 Å². The number of amides is 2. The van der Waals surface area contributed by atoms with Crippen LogP contribution < -0.4 is 10.5 Å². The molecular weight excluding hydrogens is 373 g/mol. The Hall–Kier alpha value is -2.81. The predicted molar refractivity (Wildman–Crippen MR) is 96.5 cm³/mol. The van der Waals surface area contributed by atoms with E-state index in [1.807, 2.05) is 12.1 Å². The lowest BCUT2D eigenvalue weighted by molar-refractivity contribution is -0.0669. The first-order chi connectivity index (χ1) is 13.4. The SMILES string of the molecule is NC(=O)N1CCN(Cc2ccc(OC(F)C(F)F)cc2)CC1c1cccnc1. The molecule has 0 bridgehead atoms. The number of nitrogens with zero attached hydrogens (tertiary/aromatic N) is 3. The van der Waals surface area contributed by atoms with Gasteiger partial charge in [0.05, 0.1) is 6.04 Å². The lowest BCUT2D eigenvalue weighted by Crippen LogP contribution is -2.51. The number of hydrogen-bond acceptors (Lipinski definition) is 4. The van der Waals surface area contributed by atoms with Crippen molar-refractivity contribution in [2.45, 2.75) is 25.4 Å². The summed E-state index contributed by atoms with van der Waals surface area (Å²) in [6.07, 6.45) is -2.45. The van der Waals surface area contributed by atoms with E-state index in [0.717, 1.165) is 11.1 Å². The Kier molecular flexibility index (Phi) is 6.35. The Labute approximate surface area is 160 Å². The number of pyridine rings is 1.